The second-order valence-corrected chi connectivity index (χ2v) is 6.82. The molecule has 1 heterocycles. The number of rotatable bonds is 4. The van der Waals surface area contributed by atoms with Crippen molar-refractivity contribution in [2.45, 2.75) is 25.8 Å². The number of halogens is 1. The minimum absolute atomic E-state index is 0.0149. The standard InChI is InChI=1S/C22H23FN2O2/c1-16-2-4-17(5-3-16)6-11-21(26)25-14-12-20(13-15-25)24-22(27)18-7-9-19(23)10-8-18/h2-11,20H,12-15H2,1H3,(H,24,27)/b11-6+. The van der Waals surface area contributed by atoms with Crippen LogP contribution in [0.3, 0.4) is 0 Å². The van der Waals surface area contributed by atoms with E-state index in [9.17, 15) is 14.0 Å². The second-order valence-electron chi connectivity index (χ2n) is 6.82. The Bertz CT molecular complexity index is 820. The Morgan fingerprint density at radius 2 is 1.67 bits per heavy atom. The molecule has 4 nitrogen and oxygen atoms in total. The van der Waals surface area contributed by atoms with Crippen molar-refractivity contribution in [3.8, 4) is 0 Å². The highest BCUT2D eigenvalue weighted by atomic mass is 19.1. The number of likely N-dealkylation sites (tertiary alicyclic amines) is 1. The monoisotopic (exact) mass is 366 g/mol. The molecule has 140 valence electrons. The van der Waals surface area contributed by atoms with E-state index in [0.717, 1.165) is 5.56 Å². The largest absolute Gasteiger partial charge is 0.349 e. The molecule has 1 aliphatic rings. The van der Waals surface area contributed by atoms with Crippen LogP contribution in [0.5, 0.6) is 0 Å². The zero-order valence-corrected chi connectivity index (χ0v) is 15.3. The van der Waals surface area contributed by atoms with Gasteiger partial charge in [0, 0.05) is 30.8 Å². The Kier molecular flexibility index (Phi) is 6.01. The normalized spacial score (nSPS) is 15.1. The molecule has 5 heteroatoms. The molecule has 2 aromatic rings. The molecule has 0 aromatic heterocycles. The lowest BCUT2D eigenvalue weighted by molar-refractivity contribution is -0.126. The van der Waals surface area contributed by atoms with Crippen LogP contribution in [0.4, 0.5) is 4.39 Å². The third-order valence-corrected chi connectivity index (χ3v) is 4.74. The average molecular weight is 366 g/mol. The molecule has 0 unspecified atom stereocenters. The fourth-order valence-electron chi connectivity index (χ4n) is 3.06. The number of hydrogen-bond acceptors (Lipinski definition) is 2. The van der Waals surface area contributed by atoms with E-state index in [4.69, 9.17) is 0 Å². The minimum Gasteiger partial charge on any atom is -0.349 e. The predicted molar refractivity (Wildman–Crippen MR) is 104 cm³/mol. The molecule has 2 amide bonds. The number of carbonyl (C=O) groups is 2. The molecule has 0 bridgehead atoms. The third kappa shape index (κ3) is 5.26. The molecule has 0 radical (unpaired) electrons. The first-order valence-electron chi connectivity index (χ1n) is 9.11. The summed E-state index contributed by atoms with van der Waals surface area (Å²) in [5.74, 6) is -0.588. The number of piperidine rings is 1. The fraction of sp³-hybridized carbons (Fsp3) is 0.273. The van der Waals surface area contributed by atoms with Crippen molar-refractivity contribution in [1.29, 1.82) is 0 Å². The maximum atomic E-state index is 12.9. The average Bonchev–Trinajstić information content (AvgIpc) is 2.68. The summed E-state index contributed by atoms with van der Waals surface area (Å²) in [6.45, 7) is 3.23. The molecule has 1 N–H and O–H groups in total. The van der Waals surface area contributed by atoms with Gasteiger partial charge in [-0.25, -0.2) is 4.39 Å². The molecule has 27 heavy (non-hydrogen) atoms. The van der Waals surface area contributed by atoms with E-state index in [-0.39, 0.29) is 23.7 Å². The Morgan fingerprint density at radius 3 is 2.30 bits per heavy atom. The summed E-state index contributed by atoms with van der Waals surface area (Å²) >= 11 is 0. The van der Waals surface area contributed by atoms with Crippen molar-refractivity contribution < 1.29 is 14.0 Å². The van der Waals surface area contributed by atoms with Crippen LogP contribution in [0, 0.1) is 12.7 Å². The maximum absolute atomic E-state index is 12.9. The van der Waals surface area contributed by atoms with Gasteiger partial charge in [-0.15, -0.1) is 0 Å². The smallest absolute Gasteiger partial charge is 0.251 e. The summed E-state index contributed by atoms with van der Waals surface area (Å²) in [5.41, 5.74) is 2.62. The van der Waals surface area contributed by atoms with Gasteiger partial charge in [-0.1, -0.05) is 29.8 Å². The number of hydrogen-bond donors (Lipinski definition) is 1. The van der Waals surface area contributed by atoms with Gasteiger partial charge < -0.3 is 10.2 Å². The highest BCUT2D eigenvalue weighted by molar-refractivity contribution is 5.94. The first-order valence-corrected chi connectivity index (χ1v) is 9.11. The van der Waals surface area contributed by atoms with Gasteiger partial charge in [0.2, 0.25) is 5.91 Å². The Morgan fingerprint density at radius 1 is 1.04 bits per heavy atom. The Balaban J connectivity index is 1.48. The van der Waals surface area contributed by atoms with Gasteiger partial charge in [-0.05, 0) is 55.7 Å². The van der Waals surface area contributed by atoms with Crippen LogP contribution in [-0.4, -0.2) is 35.8 Å². The van der Waals surface area contributed by atoms with Crippen LogP contribution in [0.15, 0.2) is 54.6 Å². The summed E-state index contributed by atoms with van der Waals surface area (Å²) < 4.78 is 12.9. The topological polar surface area (TPSA) is 49.4 Å². The molecule has 1 saturated heterocycles. The predicted octanol–water partition coefficient (Wildman–Crippen LogP) is 3.57. The van der Waals surface area contributed by atoms with Crippen LogP contribution in [-0.2, 0) is 4.79 Å². The molecule has 0 spiro atoms. The number of carbonyl (C=O) groups excluding carboxylic acids is 2. The van der Waals surface area contributed by atoms with Gasteiger partial charge in [0.25, 0.3) is 5.91 Å². The fourth-order valence-corrected chi connectivity index (χ4v) is 3.06. The third-order valence-electron chi connectivity index (χ3n) is 4.74. The summed E-state index contributed by atoms with van der Waals surface area (Å²) in [6.07, 6.45) is 4.83. The van der Waals surface area contributed by atoms with E-state index in [1.807, 2.05) is 37.3 Å². The molecule has 3 rings (SSSR count). The summed E-state index contributed by atoms with van der Waals surface area (Å²) in [7, 11) is 0. The van der Waals surface area contributed by atoms with Crippen LogP contribution in [0.1, 0.15) is 34.3 Å². The zero-order valence-electron chi connectivity index (χ0n) is 15.3. The van der Waals surface area contributed by atoms with E-state index in [0.29, 0.717) is 31.5 Å². The van der Waals surface area contributed by atoms with Gasteiger partial charge in [0.05, 0.1) is 0 Å². The summed E-state index contributed by atoms with van der Waals surface area (Å²) in [6, 6.07) is 13.5. The van der Waals surface area contributed by atoms with Crippen molar-refractivity contribution in [3.63, 3.8) is 0 Å². The number of aryl methyl sites for hydroxylation is 1. The van der Waals surface area contributed by atoms with Gasteiger partial charge in [-0.2, -0.15) is 0 Å². The number of nitrogens with one attached hydrogen (secondary N) is 1. The minimum atomic E-state index is -0.364. The van der Waals surface area contributed by atoms with E-state index in [1.54, 1.807) is 11.0 Å². The van der Waals surface area contributed by atoms with E-state index < -0.39 is 0 Å². The highest BCUT2D eigenvalue weighted by Gasteiger charge is 2.23. The number of amides is 2. The lowest BCUT2D eigenvalue weighted by Crippen LogP contribution is -2.46. The van der Waals surface area contributed by atoms with E-state index >= 15 is 0 Å². The number of benzene rings is 2. The zero-order chi connectivity index (χ0) is 19.2. The van der Waals surface area contributed by atoms with Crippen LogP contribution < -0.4 is 5.32 Å². The molecule has 0 aliphatic carbocycles. The Hall–Kier alpha value is -2.95. The first kappa shape index (κ1) is 18.8. The molecule has 0 atom stereocenters. The lowest BCUT2D eigenvalue weighted by atomic mass is 10.0. The van der Waals surface area contributed by atoms with Crippen molar-refractivity contribution in [1.82, 2.24) is 10.2 Å². The van der Waals surface area contributed by atoms with Gasteiger partial charge in [0.15, 0.2) is 0 Å². The molecule has 1 aliphatic heterocycles. The van der Waals surface area contributed by atoms with E-state index in [2.05, 4.69) is 5.32 Å². The Labute approximate surface area is 158 Å². The van der Waals surface area contributed by atoms with Crippen LogP contribution in [0.25, 0.3) is 6.08 Å². The van der Waals surface area contributed by atoms with Crippen LogP contribution >= 0.6 is 0 Å². The second kappa shape index (κ2) is 8.62. The molecular formula is C22H23FN2O2. The van der Waals surface area contributed by atoms with Gasteiger partial charge in [-0.3, -0.25) is 9.59 Å². The molecule has 0 saturated carbocycles. The van der Waals surface area contributed by atoms with Crippen LogP contribution in [0.2, 0.25) is 0 Å². The maximum Gasteiger partial charge on any atom is 0.251 e. The summed E-state index contributed by atoms with van der Waals surface area (Å²) in [4.78, 5) is 26.3. The number of nitrogens with zero attached hydrogens (tertiary/aromatic N) is 1. The quantitative estimate of drug-likeness (QED) is 0.841. The summed E-state index contributed by atoms with van der Waals surface area (Å²) in [5, 5.41) is 2.96. The van der Waals surface area contributed by atoms with Crippen molar-refractivity contribution in [2.24, 2.45) is 0 Å². The highest BCUT2D eigenvalue weighted by Crippen LogP contribution is 2.13. The van der Waals surface area contributed by atoms with Crippen molar-refractivity contribution in [3.05, 3.63) is 77.1 Å². The van der Waals surface area contributed by atoms with E-state index in [1.165, 1.54) is 29.8 Å². The SMILES string of the molecule is Cc1ccc(/C=C/C(=O)N2CCC(NC(=O)c3ccc(F)cc3)CC2)cc1. The molecule has 1 fully saturated rings. The first-order chi connectivity index (χ1) is 13.0. The van der Waals surface area contributed by atoms with Gasteiger partial charge in [0.1, 0.15) is 5.82 Å². The van der Waals surface area contributed by atoms with Gasteiger partial charge >= 0.3 is 0 Å². The molecule has 2 aromatic carbocycles. The van der Waals surface area contributed by atoms with Crippen molar-refractivity contribution >= 4 is 17.9 Å². The molecular weight excluding hydrogens is 343 g/mol. The lowest BCUT2D eigenvalue weighted by Gasteiger charge is -2.31. The van der Waals surface area contributed by atoms with Crippen molar-refractivity contribution in [2.75, 3.05) is 13.1 Å².